The van der Waals surface area contributed by atoms with Crippen LogP contribution in [0.15, 0.2) is 0 Å². The zero-order valence-electron chi connectivity index (χ0n) is 9.77. The highest BCUT2D eigenvalue weighted by molar-refractivity contribution is 5.84. The van der Waals surface area contributed by atoms with E-state index in [9.17, 15) is 9.59 Å². The van der Waals surface area contributed by atoms with E-state index in [4.69, 9.17) is 10.2 Å². The fourth-order valence-corrected chi connectivity index (χ4v) is 1.77. The van der Waals surface area contributed by atoms with Crippen molar-refractivity contribution in [2.45, 2.75) is 26.7 Å². The molecule has 0 aliphatic carbocycles. The molecule has 1 unspecified atom stereocenters. The van der Waals surface area contributed by atoms with Crippen LogP contribution in [0.4, 0.5) is 0 Å². The first-order valence-corrected chi connectivity index (χ1v) is 5.49. The molecule has 0 spiro atoms. The van der Waals surface area contributed by atoms with E-state index in [1.807, 2.05) is 0 Å². The highest BCUT2D eigenvalue weighted by Gasteiger charge is 2.34. The number of nitrogens with zero attached hydrogens (tertiary/aromatic N) is 1. The van der Waals surface area contributed by atoms with Crippen LogP contribution in [0.1, 0.15) is 26.7 Å². The molecule has 0 aromatic carbocycles. The number of carbonyl (C=O) groups excluding carboxylic acids is 1. The Hall–Kier alpha value is -1.10. The van der Waals surface area contributed by atoms with Gasteiger partial charge in [0.2, 0.25) is 5.91 Å². The van der Waals surface area contributed by atoms with Crippen molar-refractivity contribution in [3.05, 3.63) is 0 Å². The maximum Gasteiger partial charge on any atom is 0.309 e. The number of aliphatic hydroxyl groups excluding tert-OH is 1. The van der Waals surface area contributed by atoms with Gasteiger partial charge in [-0.3, -0.25) is 9.59 Å². The molecule has 0 radical (unpaired) electrons. The summed E-state index contributed by atoms with van der Waals surface area (Å²) < 4.78 is 0. The third kappa shape index (κ3) is 2.95. The van der Waals surface area contributed by atoms with Gasteiger partial charge in [-0.1, -0.05) is 0 Å². The summed E-state index contributed by atoms with van der Waals surface area (Å²) in [7, 11) is 0. The van der Waals surface area contributed by atoms with Crippen LogP contribution in [0.25, 0.3) is 0 Å². The number of aliphatic hydroxyl groups is 1. The molecule has 0 saturated carbocycles. The number of amides is 1. The standard InChI is InChI=1S/C11H19NO4/c1-11(2,10(15)16)5-9(14)12-4-3-8(6-12)7-13/h8,13H,3-7H2,1-2H3,(H,15,16). The summed E-state index contributed by atoms with van der Waals surface area (Å²) in [6, 6.07) is 0. The van der Waals surface area contributed by atoms with Gasteiger partial charge in [0.1, 0.15) is 0 Å². The molecule has 1 rings (SSSR count). The van der Waals surface area contributed by atoms with Crippen molar-refractivity contribution in [2.75, 3.05) is 19.7 Å². The number of hydrogen-bond donors (Lipinski definition) is 2. The fraction of sp³-hybridized carbons (Fsp3) is 0.818. The molecule has 0 aromatic rings. The summed E-state index contributed by atoms with van der Waals surface area (Å²) in [5, 5.41) is 17.9. The third-order valence-electron chi connectivity index (χ3n) is 3.07. The van der Waals surface area contributed by atoms with Crippen molar-refractivity contribution in [1.29, 1.82) is 0 Å². The van der Waals surface area contributed by atoms with Gasteiger partial charge in [-0.05, 0) is 20.3 Å². The topological polar surface area (TPSA) is 77.8 Å². The Balaban J connectivity index is 2.51. The Morgan fingerprint density at radius 1 is 1.44 bits per heavy atom. The fourth-order valence-electron chi connectivity index (χ4n) is 1.77. The van der Waals surface area contributed by atoms with Crippen molar-refractivity contribution in [2.24, 2.45) is 11.3 Å². The zero-order chi connectivity index (χ0) is 12.3. The Morgan fingerprint density at radius 3 is 2.50 bits per heavy atom. The highest BCUT2D eigenvalue weighted by Crippen LogP contribution is 2.24. The van der Waals surface area contributed by atoms with Crippen molar-refractivity contribution in [3.8, 4) is 0 Å². The first kappa shape index (κ1) is 13.0. The maximum absolute atomic E-state index is 11.8. The van der Waals surface area contributed by atoms with Gasteiger partial charge in [0.25, 0.3) is 0 Å². The van der Waals surface area contributed by atoms with Gasteiger partial charge in [0, 0.05) is 32.0 Å². The molecule has 1 fully saturated rings. The van der Waals surface area contributed by atoms with E-state index in [0.717, 1.165) is 6.42 Å². The summed E-state index contributed by atoms with van der Waals surface area (Å²) >= 11 is 0. The minimum absolute atomic E-state index is 0.0144. The lowest BCUT2D eigenvalue weighted by molar-refractivity contribution is -0.151. The van der Waals surface area contributed by atoms with E-state index >= 15 is 0 Å². The summed E-state index contributed by atoms with van der Waals surface area (Å²) in [5.41, 5.74) is -1.02. The molecular weight excluding hydrogens is 210 g/mol. The summed E-state index contributed by atoms with van der Waals surface area (Å²) in [6.07, 6.45) is 0.816. The number of carbonyl (C=O) groups is 2. The van der Waals surface area contributed by atoms with Crippen LogP contribution in [0.3, 0.4) is 0 Å². The molecule has 5 heteroatoms. The average molecular weight is 229 g/mol. The van der Waals surface area contributed by atoms with Gasteiger partial charge in [-0.25, -0.2) is 0 Å². The molecule has 1 aliphatic rings. The van der Waals surface area contributed by atoms with Gasteiger partial charge in [0.05, 0.1) is 5.41 Å². The molecular formula is C11H19NO4. The molecule has 0 bridgehead atoms. The minimum atomic E-state index is -1.02. The second-order valence-corrected chi connectivity index (χ2v) is 5.04. The second-order valence-electron chi connectivity index (χ2n) is 5.04. The van der Waals surface area contributed by atoms with Crippen molar-refractivity contribution < 1.29 is 19.8 Å². The van der Waals surface area contributed by atoms with E-state index in [1.54, 1.807) is 18.7 Å². The van der Waals surface area contributed by atoms with Crippen LogP contribution in [0, 0.1) is 11.3 Å². The Bertz CT molecular complexity index is 288. The molecule has 16 heavy (non-hydrogen) atoms. The van der Waals surface area contributed by atoms with Crippen molar-refractivity contribution in [3.63, 3.8) is 0 Å². The molecule has 92 valence electrons. The maximum atomic E-state index is 11.8. The normalized spacial score (nSPS) is 21.2. The van der Waals surface area contributed by atoms with Crippen LogP contribution in [0.2, 0.25) is 0 Å². The van der Waals surface area contributed by atoms with E-state index in [2.05, 4.69) is 0 Å². The highest BCUT2D eigenvalue weighted by atomic mass is 16.4. The number of likely N-dealkylation sites (tertiary alicyclic amines) is 1. The van der Waals surface area contributed by atoms with Crippen LogP contribution in [-0.2, 0) is 9.59 Å². The van der Waals surface area contributed by atoms with Crippen LogP contribution in [-0.4, -0.2) is 46.7 Å². The number of carboxylic acids is 1. The van der Waals surface area contributed by atoms with E-state index in [0.29, 0.717) is 13.1 Å². The molecule has 2 N–H and O–H groups in total. The van der Waals surface area contributed by atoms with E-state index < -0.39 is 11.4 Å². The van der Waals surface area contributed by atoms with Gasteiger partial charge < -0.3 is 15.1 Å². The zero-order valence-corrected chi connectivity index (χ0v) is 9.77. The number of aliphatic carboxylic acids is 1. The predicted molar refractivity (Wildman–Crippen MR) is 57.8 cm³/mol. The number of rotatable bonds is 4. The van der Waals surface area contributed by atoms with Crippen LogP contribution < -0.4 is 0 Å². The first-order valence-electron chi connectivity index (χ1n) is 5.49. The van der Waals surface area contributed by atoms with E-state index in [-0.39, 0.29) is 24.9 Å². The molecule has 1 atom stereocenters. The lowest BCUT2D eigenvalue weighted by atomic mass is 9.89. The molecule has 1 amide bonds. The van der Waals surface area contributed by atoms with Crippen LogP contribution >= 0.6 is 0 Å². The Morgan fingerprint density at radius 2 is 2.06 bits per heavy atom. The SMILES string of the molecule is CC(C)(CC(=O)N1CCC(CO)C1)C(=O)O. The number of hydrogen-bond acceptors (Lipinski definition) is 3. The van der Waals surface area contributed by atoms with Crippen molar-refractivity contribution >= 4 is 11.9 Å². The van der Waals surface area contributed by atoms with E-state index in [1.165, 1.54) is 0 Å². The molecule has 1 aliphatic heterocycles. The Labute approximate surface area is 95.1 Å². The molecule has 1 heterocycles. The minimum Gasteiger partial charge on any atom is -0.481 e. The van der Waals surface area contributed by atoms with Crippen LogP contribution in [0.5, 0.6) is 0 Å². The van der Waals surface area contributed by atoms with Crippen molar-refractivity contribution in [1.82, 2.24) is 4.90 Å². The second kappa shape index (κ2) is 4.82. The molecule has 1 saturated heterocycles. The van der Waals surface area contributed by atoms with Gasteiger partial charge >= 0.3 is 5.97 Å². The third-order valence-corrected chi connectivity index (χ3v) is 3.07. The number of carboxylic acid groups (broad SMARTS) is 1. The Kier molecular flexibility index (Phi) is 3.91. The molecule has 5 nitrogen and oxygen atoms in total. The predicted octanol–water partition coefficient (Wildman–Crippen LogP) is 0.328. The molecule has 0 aromatic heterocycles. The average Bonchev–Trinajstić information content (AvgIpc) is 2.64. The monoisotopic (exact) mass is 229 g/mol. The lowest BCUT2D eigenvalue weighted by Crippen LogP contribution is -2.35. The summed E-state index contributed by atoms with van der Waals surface area (Å²) in [4.78, 5) is 24.3. The van der Waals surface area contributed by atoms with Gasteiger partial charge in [-0.15, -0.1) is 0 Å². The largest absolute Gasteiger partial charge is 0.481 e. The quantitative estimate of drug-likeness (QED) is 0.728. The lowest BCUT2D eigenvalue weighted by Gasteiger charge is -2.23. The first-order chi connectivity index (χ1) is 7.36. The smallest absolute Gasteiger partial charge is 0.309 e. The summed E-state index contributed by atoms with van der Waals surface area (Å²) in [6.45, 7) is 4.36. The van der Waals surface area contributed by atoms with Gasteiger partial charge in [-0.2, -0.15) is 0 Å². The van der Waals surface area contributed by atoms with Gasteiger partial charge in [0.15, 0.2) is 0 Å². The summed E-state index contributed by atoms with van der Waals surface area (Å²) in [5.74, 6) is -0.945.